The highest BCUT2D eigenvalue weighted by Gasteiger charge is 2.09. The summed E-state index contributed by atoms with van der Waals surface area (Å²) in [6, 6.07) is 6.75. The first-order valence-corrected chi connectivity index (χ1v) is 5.90. The van der Waals surface area contributed by atoms with Gasteiger partial charge in [0.15, 0.2) is 17.3 Å². The largest absolute Gasteiger partial charge is 0.504 e. The molecule has 0 bridgehead atoms. The lowest BCUT2D eigenvalue weighted by Crippen LogP contribution is -2.10. The summed E-state index contributed by atoms with van der Waals surface area (Å²) in [5.74, 6) is 6.94. The molecule has 4 N–H and O–H groups in total. The summed E-state index contributed by atoms with van der Waals surface area (Å²) in [5.41, 5.74) is 4.15. The Morgan fingerprint density at radius 3 is 2.74 bits per heavy atom. The summed E-state index contributed by atoms with van der Waals surface area (Å²) in [6.45, 7) is 2.00. The molecule has 0 spiro atoms. The van der Waals surface area contributed by atoms with E-state index in [2.05, 4.69) is 15.4 Å². The Balaban J connectivity index is 2.51. The minimum Gasteiger partial charge on any atom is -0.504 e. The Hall–Kier alpha value is -2.34. The molecule has 0 saturated heterocycles. The minimum absolute atomic E-state index is 0.0788. The summed E-state index contributed by atoms with van der Waals surface area (Å²) in [7, 11) is 1.50. The van der Waals surface area contributed by atoms with Crippen LogP contribution < -0.4 is 16.0 Å². The highest BCUT2D eigenvalue weighted by atomic mass is 16.5. The molecule has 100 valence electrons. The zero-order chi connectivity index (χ0) is 13.8. The van der Waals surface area contributed by atoms with Crippen LogP contribution in [-0.4, -0.2) is 22.2 Å². The summed E-state index contributed by atoms with van der Waals surface area (Å²) in [5, 5.41) is 9.59. The van der Waals surface area contributed by atoms with Gasteiger partial charge >= 0.3 is 0 Å². The van der Waals surface area contributed by atoms with E-state index in [1.54, 1.807) is 24.3 Å². The second-order valence-electron chi connectivity index (χ2n) is 3.95. The SMILES string of the molecule is CCc1cc(NN)nc(-c2ccc(O)c(OC)c2)n1. The second kappa shape index (κ2) is 5.53. The van der Waals surface area contributed by atoms with Crippen LogP contribution in [0.25, 0.3) is 11.4 Å². The van der Waals surface area contributed by atoms with Crippen molar-refractivity contribution in [2.75, 3.05) is 12.5 Å². The first kappa shape index (κ1) is 13.1. The van der Waals surface area contributed by atoms with E-state index in [0.717, 1.165) is 17.7 Å². The smallest absolute Gasteiger partial charge is 0.161 e. The fourth-order valence-electron chi connectivity index (χ4n) is 1.70. The van der Waals surface area contributed by atoms with Crippen LogP contribution in [-0.2, 0) is 6.42 Å². The maximum atomic E-state index is 9.59. The number of nitrogens with two attached hydrogens (primary N) is 1. The monoisotopic (exact) mass is 260 g/mol. The standard InChI is InChI=1S/C13H16N4O2/c1-3-9-7-12(17-14)16-13(15-9)8-4-5-10(18)11(6-8)19-2/h4-7,18H,3,14H2,1-2H3,(H,15,16,17). The summed E-state index contributed by atoms with van der Waals surface area (Å²) in [6.07, 6.45) is 0.777. The van der Waals surface area contributed by atoms with Crippen molar-refractivity contribution in [2.45, 2.75) is 13.3 Å². The van der Waals surface area contributed by atoms with E-state index in [4.69, 9.17) is 10.6 Å². The molecule has 0 amide bonds. The summed E-state index contributed by atoms with van der Waals surface area (Å²) < 4.78 is 5.07. The number of hydrogen-bond acceptors (Lipinski definition) is 6. The van der Waals surface area contributed by atoms with Gasteiger partial charge in [-0.25, -0.2) is 15.8 Å². The van der Waals surface area contributed by atoms with Gasteiger partial charge in [-0.1, -0.05) is 6.92 Å². The third kappa shape index (κ3) is 2.74. The normalized spacial score (nSPS) is 10.3. The molecular weight excluding hydrogens is 244 g/mol. The molecule has 0 atom stereocenters. The zero-order valence-corrected chi connectivity index (χ0v) is 10.8. The number of nitrogens with one attached hydrogen (secondary N) is 1. The van der Waals surface area contributed by atoms with Gasteiger partial charge < -0.3 is 15.3 Å². The zero-order valence-electron chi connectivity index (χ0n) is 10.8. The molecule has 2 aromatic rings. The fourth-order valence-corrected chi connectivity index (χ4v) is 1.70. The van der Waals surface area contributed by atoms with Gasteiger partial charge in [0.05, 0.1) is 7.11 Å². The van der Waals surface area contributed by atoms with E-state index < -0.39 is 0 Å². The van der Waals surface area contributed by atoms with Crippen LogP contribution in [0, 0.1) is 0 Å². The highest BCUT2D eigenvalue weighted by Crippen LogP contribution is 2.30. The van der Waals surface area contributed by atoms with Crippen LogP contribution >= 0.6 is 0 Å². The number of hydrogen-bond donors (Lipinski definition) is 3. The fraction of sp³-hybridized carbons (Fsp3) is 0.231. The van der Waals surface area contributed by atoms with E-state index >= 15 is 0 Å². The maximum Gasteiger partial charge on any atom is 0.161 e. The van der Waals surface area contributed by atoms with Crippen molar-refractivity contribution in [1.29, 1.82) is 0 Å². The number of benzene rings is 1. The molecule has 0 aliphatic carbocycles. The Morgan fingerprint density at radius 2 is 2.11 bits per heavy atom. The van der Waals surface area contributed by atoms with Gasteiger partial charge in [-0.3, -0.25) is 0 Å². The van der Waals surface area contributed by atoms with Gasteiger partial charge in [0.2, 0.25) is 0 Å². The molecule has 19 heavy (non-hydrogen) atoms. The Kier molecular flexibility index (Phi) is 3.82. The minimum atomic E-state index is 0.0788. The summed E-state index contributed by atoms with van der Waals surface area (Å²) >= 11 is 0. The van der Waals surface area contributed by atoms with Crippen molar-refractivity contribution < 1.29 is 9.84 Å². The van der Waals surface area contributed by atoms with Crippen LogP contribution in [0.15, 0.2) is 24.3 Å². The quantitative estimate of drug-likeness (QED) is 0.572. The average molecular weight is 260 g/mol. The van der Waals surface area contributed by atoms with Crippen LogP contribution in [0.3, 0.4) is 0 Å². The average Bonchev–Trinajstić information content (AvgIpc) is 2.47. The predicted octanol–water partition coefficient (Wildman–Crippen LogP) is 1.71. The van der Waals surface area contributed by atoms with Gasteiger partial charge in [0.25, 0.3) is 0 Å². The number of nitrogens with zero attached hydrogens (tertiary/aromatic N) is 2. The van der Waals surface area contributed by atoms with E-state index in [1.807, 2.05) is 6.92 Å². The number of methoxy groups -OCH3 is 1. The first-order chi connectivity index (χ1) is 9.17. The lowest BCUT2D eigenvalue weighted by molar-refractivity contribution is 0.373. The number of ether oxygens (including phenoxy) is 1. The van der Waals surface area contributed by atoms with Crippen LogP contribution in [0.1, 0.15) is 12.6 Å². The number of hydrazine groups is 1. The molecule has 0 fully saturated rings. The number of aromatic nitrogens is 2. The number of phenols is 1. The third-order valence-electron chi connectivity index (χ3n) is 2.73. The molecule has 0 radical (unpaired) electrons. The maximum absolute atomic E-state index is 9.59. The number of aryl methyl sites for hydroxylation is 1. The third-order valence-corrected chi connectivity index (χ3v) is 2.73. The van der Waals surface area contributed by atoms with Gasteiger partial charge in [-0.2, -0.15) is 0 Å². The second-order valence-corrected chi connectivity index (χ2v) is 3.95. The van der Waals surface area contributed by atoms with Crippen molar-refractivity contribution >= 4 is 5.82 Å². The number of anilines is 1. The van der Waals surface area contributed by atoms with Crippen LogP contribution in [0.5, 0.6) is 11.5 Å². The van der Waals surface area contributed by atoms with Crippen molar-refractivity contribution in [1.82, 2.24) is 9.97 Å². The number of phenolic OH excluding ortho intramolecular Hbond substituents is 1. The molecule has 1 aromatic carbocycles. The predicted molar refractivity (Wildman–Crippen MR) is 72.9 cm³/mol. The molecular formula is C13H16N4O2. The lowest BCUT2D eigenvalue weighted by Gasteiger charge is -2.08. The molecule has 6 nitrogen and oxygen atoms in total. The van der Waals surface area contributed by atoms with Gasteiger partial charge in [-0.15, -0.1) is 0 Å². The van der Waals surface area contributed by atoms with Crippen molar-refractivity contribution in [3.8, 4) is 22.9 Å². The van der Waals surface area contributed by atoms with Crippen molar-refractivity contribution in [3.05, 3.63) is 30.0 Å². The number of aromatic hydroxyl groups is 1. The molecule has 1 aromatic heterocycles. The summed E-state index contributed by atoms with van der Waals surface area (Å²) in [4.78, 5) is 8.72. The van der Waals surface area contributed by atoms with Gasteiger partial charge in [0, 0.05) is 17.3 Å². The topological polar surface area (TPSA) is 93.3 Å². The highest BCUT2D eigenvalue weighted by molar-refractivity contribution is 5.62. The molecule has 2 rings (SSSR count). The Bertz CT molecular complexity index is 565. The number of rotatable bonds is 4. The van der Waals surface area contributed by atoms with Gasteiger partial charge in [0.1, 0.15) is 5.82 Å². The van der Waals surface area contributed by atoms with E-state index in [0.29, 0.717) is 17.4 Å². The van der Waals surface area contributed by atoms with Crippen molar-refractivity contribution in [2.24, 2.45) is 5.84 Å². The Labute approximate surface area is 111 Å². The first-order valence-electron chi connectivity index (χ1n) is 5.90. The van der Waals surface area contributed by atoms with Crippen LogP contribution in [0.4, 0.5) is 5.82 Å². The molecule has 6 heteroatoms. The van der Waals surface area contributed by atoms with Crippen molar-refractivity contribution in [3.63, 3.8) is 0 Å². The lowest BCUT2D eigenvalue weighted by atomic mass is 10.2. The van der Waals surface area contributed by atoms with E-state index in [9.17, 15) is 5.11 Å². The molecule has 0 unspecified atom stereocenters. The van der Waals surface area contributed by atoms with E-state index in [1.165, 1.54) is 7.11 Å². The van der Waals surface area contributed by atoms with E-state index in [-0.39, 0.29) is 5.75 Å². The molecule has 0 saturated carbocycles. The molecule has 1 heterocycles. The van der Waals surface area contributed by atoms with Gasteiger partial charge in [-0.05, 0) is 24.6 Å². The van der Waals surface area contributed by atoms with Crippen LogP contribution in [0.2, 0.25) is 0 Å². The molecule has 0 aliphatic heterocycles. The molecule has 0 aliphatic rings. The number of nitrogen functional groups attached to an aromatic ring is 1. The Morgan fingerprint density at radius 1 is 1.32 bits per heavy atom.